The van der Waals surface area contributed by atoms with Gasteiger partial charge in [0.05, 0.1) is 6.04 Å². The van der Waals surface area contributed by atoms with Crippen molar-refractivity contribution in [1.29, 1.82) is 0 Å². The maximum atomic E-state index is 10.8. The van der Waals surface area contributed by atoms with E-state index in [0.29, 0.717) is 5.76 Å². The van der Waals surface area contributed by atoms with Crippen molar-refractivity contribution >= 4 is 11.7 Å². The number of aryl methyl sites for hydroxylation is 2. The lowest BCUT2D eigenvalue weighted by atomic mass is 10.1. The van der Waals surface area contributed by atoms with Gasteiger partial charge in [0, 0.05) is 5.69 Å². The quantitative estimate of drug-likeness (QED) is 0.877. The molecule has 4 heteroatoms. The van der Waals surface area contributed by atoms with Crippen molar-refractivity contribution in [3.8, 4) is 0 Å². The van der Waals surface area contributed by atoms with Crippen LogP contribution in [0.5, 0.6) is 0 Å². The van der Waals surface area contributed by atoms with Crippen molar-refractivity contribution in [3.05, 3.63) is 53.0 Å². The Morgan fingerprint density at radius 3 is 2.53 bits per heavy atom. The highest BCUT2D eigenvalue weighted by Crippen LogP contribution is 2.22. The molecule has 4 nitrogen and oxygen atoms in total. The summed E-state index contributed by atoms with van der Waals surface area (Å²) in [7, 11) is 0. The predicted octanol–water partition coefficient (Wildman–Crippen LogP) is 3.77. The standard InChI is InChI=1S/C15H17NO3/c1-9-4-5-12(8-10(9)2)16-11(3)13-6-7-14(19-13)15(17)18/h4-8,11,16H,1-3H3,(H,17,18). The third-order valence-electron chi connectivity index (χ3n) is 3.15. The fourth-order valence-corrected chi connectivity index (χ4v) is 1.85. The Morgan fingerprint density at radius 2 is 1.95 bits per heavy atom. The lowest BCUT2D eigenvalue weighted by Gasteiger charge is -2.14. The van der Waals surface area contributed by atoms with Crippen molar-refractivity contribution in [3.63, 3.8) is 0 Å². The summed E-state index contributed by atoms with van der Waals surface area (Å²) in [6, 6.07) is 9.18. The molecule has 2 rings (SSSR count). The predicted molar refractivity (Wildman–Crippen MR) is 73.6 cm³/mol. The van der Waals surface area contributed by atoms with Crippen LogP contribution < -0.4 is 5.32 Å². The van der Waals surface area contributed by atoms with Gasteiger partial charge in [-0.1, -0.05) is 6.07 Å². The van der Waals surface area contributed by atoms with Gasteiger partial charge in [0.2, 0.25) is 5.76 Å². The first-order chi connectivity index (χ1) is 8.97. The molecule has 0 aliphatic rings. The molecule has 1 aromatic heterocycles. The first-order valence-electron chi connectivity index (χ1n) is 6.14. The number of furan rings is 1. The molecule has 2 N–H and O–H groups in total. The van der Waals surface area contributed by atoms with E-state index in [2.05, 4.69) is 31.3 Å². The second-order valence-electron chi connectivity index (χ2n) is 4.67. The molecule has 0 amide bonds. The second kappa shape index (κ2) is 5.18. The SMILES string of the molecule is Cc1ccc(NC(C)c2ccc(C(=O)O)o2)cc1C. The van der Waals surface area contributed by atoms with E-state index >= 15 is 0 Å². The number of hydrogen-bond donors (Lipinski definition) is 2. The smallest absolute Gasteiger partial charge is 0.371 e. The van der Waals surface area contributed by atoms with Crippen molar-refractivity contribution in [2.75, 3.05) is 5.32 Å². The molecular weight excluding hydrogens is 242 g/mol. The zero-order valence-corrected chi connectivity index (χ0v) is 11.2. The molecule has 1 unspecified atom stereocenters. The van der Waals surface area contributed by atoms with E-state index in [4.69, 9.17) is 9.52 Å². The van der Waals surface area contributed by atoms with Gasteiger partial charge in [0.25, 0.3) is 0 Å². The number of hydrogen-bond acceptors (Lipinski definition) is 3. The third-order valence-corrected chi connectivity index (χ3v) is 3.15. The molecule has 1 aromatic carbocycles. The molecular formula is C15H17NO3. The number of carboxylic acids is 1. The zero-order chi connectivity index (χ0) is 14.0. The molecule has 0 saturated heterocycles. The lowest BCUT2D eigenvalue weighted by molar-refractivity contribution is 0.0660. The Labute approximate surface area is 112 Å². The Kier molecular flexibility index (Phi) is 3.60. The minimum atomic E-state index is -1.05. The lowest BCUT2D eigenvalue weighted by Crippen LogP contribution is -2.06. The number of anilines is 1. The van der Waals surface area contributed by atoms with E-state index in [1.54, 1.807) is 6.07 Å². The van der Waals surface area contributed by atoms with E-state index in [-0.39, 0.29) is 11.8 Å². The molecule has 1 heterocycles. The van der Waals surface area contributed by atoms with Gasteiger partial charge in [-0.3, -0.25) is 0 Å². The van der Waals surface area contributed by atoms with Crippen LogP contribution in [0.3, 0.4) is 0 Å². The Balaban J connectivity index is 2.13. The number of carboxylic acid groups (broad SMARTS) is 1. The van der Waals surface area contributed by atoms with Crippen molar-refractivity contribution in [2.24, 2.45) is 0 Å². The van der Waals surface area contributed by atoms with Crippen LogP contribution in [0.2, 0.25) is 0 Å². The van der Waals surface area contributed by atoms with Crippen molar-refractivity contribution in [1.82, 2.24) is 0 Å². The fourth-order valence-electron chi connectivity index (χ4n) is 1.85. The van der Waals surface area contributed by atoms with Crippen molar-refractivity contribution < 1.29 is 14.3 Å². The molecule has 2 aromatic rings. The Morgan fingerprint density at radius 1 is 1.21 bits per heavy atom. The summed E-state index contributed by atoms with van der Waals surface area (Å²) < 4.78 is 5.27. The molecule has 0 aliphatic heterocycles. The maximum Gasteiger partial charge on any atom is 0.371 e. The second-order valence-corrected chi connectivity index (χ2v) is 4.67. The van der Waals surface area contributed by atoms with Crippen LogP contribution in [0, 0.1) is 13.8 Å². The first-order valence-corrected chi connectivity index (χ1v) is 6.14. The fraction of sp³-hybridized carbons (Fsp3) is 0.267. The van der Waals surface area contributed by atoms with E-state index < -0.39 is 5.97 Å². The molecule has 100 valence electrons. The largest absolute Gasteiger partial charge is 0.475 e. The number of benzene rings is 1. The van der Waals surface area contributed by atoms with Crippen LogP contribution in [0.4, 0.5) is 5.69 Å². The topological polar surface area (TPSA) is 62.5 Å². The van der Waals surface area contributed by atoms with Crippen LogP contribution in [-0.2, 0) is 0 Å². The number of rotatable bonds is 4. The van der Waals surface area contributed by atoms with Crippen LogP contribution in [0.25, 0.3) is 0 Å². The summed E-state index contributed by atoms with van der Waals surface area (Å²) >= 11 is 0. The minimum Gasteiger partial charge on any atom is -0.475 e. The summed E-state index contributed by atoms with van der Waals surface area (Å²) in [5.41, 5.74) is 3.44. The normalized spacial score (nSPS) is 12.2. The third kappa shape index (κ3) is 2.96. The number of nitrogens with one attached hydrogen (secondary N) is 1. The van der Waals surface area contributed by atoms with E-state index in [9.17, 15) is 4.79 Å². The van der Waals surface area contributed by atoms with Gasteiger partial charge in [-0.05, 0) is 56.2 Å². The summed E-state index contributed by atoms with van der Waals surface area (Å²) in [4.78, 5) is 10.8. The van der Waals surface area contributed by atoms with Gasteiger partial charge in [-0.15, -0.1) is 0 Å². The molecule has 0 bridgehead atoms. The van der Waals surface area contributed by atoms with E-state index in [1.807, 2.05) is 13.0 Å². The summed E-state index contributed by atoms with van der Waals surface area (Å²) in [5, 5.41) is 12.1. The summed E-state index contributed by atoms with van der Waals surface area (Å²) in [5.74, 6) is -0.482. The van der Waals surface area contributed by atoms with Crippen LogP contribution in [0.1, 0.15) is 40.4 Å². The molecule has 0 saturated carbocycles. The average Bonchev–Trinajstić information content (AvgIpc) is 2.83. The van der Waals surface area contributed by atoms with Gasteiger partial charge in [-0.2, -0.15) is 0 Å². The van der Waals surface area contributed by atoms with Gasteiger partial charge < -0.3 is 14.8 Å². The monoisotopic (exact) mass is 259 g/mol. The molecule has 0 spiro atoms. The van der Waals surface area contributed by atoms with Crippen LogP contribution in [0.15, 0.2) is 34.7 Å². The summed E-state index contributed by atoms with van der Waals surface area (Å²) in [6.07, 6.45) is 0. The van der Waals surface area contributed by atoms with Gasteiger partial charge in [-0.25, -0.2) is 4.79 Å². The highest BCUT2D eigenvalue weighted by molar-refractivity contribution is 5.84. The molecule has 0 fully saturated rings. The van der Waals surface area contributed by atoms with E-state index in [1.165, 1.54) is 17.2 Å². The highest BCUT2D eigenvalue weighted by Gasteiger charge is 2.14. The van der Waals surface area contributed by atoms with Crippen LogP contribution >= 0.6 is 0 Å². The van der Waals surface area contributed by atoms with Crippen molar-refractivity contribution in [2.45, 2.75) is 26.8 Å². The first kappa shape index (κ1) is 13.2. The van der Waals surface area contributed by atoms with Crippen LogP contribution in [-0.4, -0.2) is 11.1 Å². The Hall–Kier alpha value is -2.23. The average molecular weight is 259 g/mol. The van der Waals surface area contributed by atoms with E-state index in [0.717, 1.165) is 5.69 Å². The summed E-state index contributed by atoms with van der Waals surface area (Å²) in [6.45, 7) is 6.05. The maximum absolute atomic E-state index is 10.8. The van der Waals surface area contributed by atoms with Gasteiger partial charge >= 0.3 is 5.97 Å². The molecule has 0 aliphatic carbocycles. The number of aromatic carboxylic acids is 1. The van der Waals surface area contributed by atoms with Gasteiger partial charge in [0.1, 0.15) is 5.76 Å². The Bertz CT molecular complexity index is 601. The number of carbonyl (C=O) groups is 1. The molecule has 0 radical (unpaired) electrons. The molecule has 1 atom stereocenters. The zero-order valence-electron chi connectivity index (χ0n) is 11.2. The highest BCUT2D eigenvalue weighted by atomic mass is 16.4. The van der Waals surface area contributed by atoms with Gasteiger partial charge in [0.15, 0.2) is 0 Å². The molecule has 19 heavy (non-hydrogen) atoms. The minimum absolute atomic E-state index is 0.0382.